The van der Waals surface area contributed by atoms with E-state index in [1.165, 1.54) is 28.3 Å². The molecule has 4 nitrogen and oxygen atoms in total. The van der Waals surface area contributed by atoms with Crippen molar-refractivity contribution in [3.8, 4) is 0 Å². The second-order valence-corrected chi connectivity index (χ2v) is 8.34. The molecule has 0 saturated carbocycles. The number of aromatic nitrogens is 1. The number of amides is 1. The Hall–Kier alpha value is -2.66. The molecule has 0 bridgehead atoms. The molecule has 2 heterocycles. The van der Waals surface area contributed by atoms with Gasteiger partial charge in [-0.1, -0.05) is 29.8 Å². The molecule has 1 aliphatic rings. The Morgan fingerprint density at radius 1 is 1.24 bits per heavy atom. The first-order valence-electron chi connectivity index (χ1n) is 10.2. The van der Waals surface area contributed by atoms with Crippen LogP contribution in [0.3, 0.4) is 0 Å². The molecule has 0 saturated heterocycles. The predicted molar refractivity (Wildman–Crippen MR) is 114 cm³/mol. The zero-order valence-corrected chi connectivity index (χ0v) is 17.3. The molecule has 0 fully saturated rings. The van der Waals surface area contributed by atoms with Crippen LogP contribution in [0.25, 0.3) is 10.9 Å². The van der Waals surface area contributed by atoms with Gasteiger partial charge in [0, 0.05) is 54.5 Å². The van der Waals surface area contributed by atoms with Gasteiger partial charge in [0.05, 0.1) is 0 Å². The normalized spacial score (nSPS) is 16.6. The van der Waals surface area contributed by atoms with E-state index in [2.05, 4.69) is 48.6 Å². The minimum Gasteiger partial charge on any atom is -0.370 e. The van der Waals surface area contributed by atoms with Gasteiger partial charge in [-0.15, -0.1) is 0 Å². The fraction of sp³-hybridized carbons (Fsp3) is 0.375. The summed E-state index contributed by atoms with van der Waals surface area (Å²) in [5.74, 6) is -1.02. The number of fused-ring (bicyclic) bond motifs is 3. The monoisotopic (exact) mass is 393 g/mol. The number of primary amides is 1. The molecule has 3 aromatic rings. The molecular weight excluding hydrogens is 365 g/mol. The molecule has 0 aliphatic carbocycles. The number of likely N-dealkylation sites (N-methyl/N-ethyl adjacent to an activating group) is 1. The van der Waals surface area contributed by atoms with E-state index in [0.29, 0.717) is 5.56 Å². The first-order chi connectivity index (χ1) is 13.9. The van der Waals surface area contributed by atoms with Crippen LogP contribution in [0.1, 0.15) is 47.7 Å². The lowest BCUT2D eigenvalue weighted by Gasteiger charge is -2.30. The van der Waals surface area contributed by atoms with E-state index in [0.717, 1.165) is 25.0 Å². The van der Waals surface area contributed by atoms with Gasteiger partial charge in [-0.05, 0) is 50.2 Å². The fourth-order valence-corrected chi connectivity index (χ4v) is 4.82. The molecule has 29 heavy (non-hydrogen) atoms. The molecule has 1 amide bonds. The SMILES string of the molecule is Cc1ccc2c(c1)c1c(n2C(C)C(CC(N)=O)c2ccccc2F)CCN(C)C1. The second kappa shape index (κ2) is 7.64. The van der Waals surface area contributed by atoms with Crippen LogP contribution < -0.4 is 5.73 Å². The number of carbonyl (C=O) groups excluding carboxylic acids is 1. The van der Waals surface area contributed by atoms with Gasteiger partial charge in [-0.2, -0.15) is 0 Å². The van der Waals surface area contributed by atoms with Crippen molar-refractivity contribution in [3.05, 3.63) is 70.7 Å². The summed E-state index contributed by atoms with van der Waals surface area (Å²) in [6.45, 7) is 6.07. The minimum atomic E-state index is -0.411. The molecule has 1 aliphatic heterocycles. The third kappa shape index (κ3) is 3.55. The molecule has 2 aromatic carbocycles. The Bertz CT molecular complexity index is 1070. The Balaban J connectivity index is 1.90. The third-order valence-electron chi connectivity index (χ3n) is 6.25. The predicted octanol–water partition coefficient (Wildman–Crippen LogP) is 4.30. The maximum Gasteiger partial charge on any atom is 0.218 e. The number of benzene rings is 2. The highest BCUT2D eigenvalue weighted by Gasteiger charge is 2.31. The van der Waals surface area contributed by atoms with E-state index in [9.17, 15) is 9.18 Å². The van der Waals surface area contributed by atoms with Crippen LogP contribution in [0.2, 0.25) is 0 Å². The number of hydrogen-bond donors (Lipinski definition) is 1. The van der Waals surface area contributed by atoms with Gasteiger partial charge in [0.1, 0.15) is 5.82 Å². The van der Waals surface area contributed by atoms with Gasteiger partial charge >= 0.3 is 0 Å². The van der Waals surface area contributed by atoms with Gasteiger partial charge in [0.25, 0.3) is 0 Å². The van der Waals surface area contributed by atoms with Gasteiger partial charge < -0.3 is 15.2 Å². The van der Waals surface area contributed by atoms with Crippen molar-refractivity contribution in [2.45, 2.75) is 45.2 Å². The van der Waals surface area contributed by atoms with Crippen molar-refractivity contribution in [1.82, 2.24) is 9.47 Å². The van der Waals surface area contributed by atoms with Crippen molar-refractivity contribution in [2.75, 3.05) is 13.6 Å². The molecule has 2 atom stereocenters. The van der Waals surface area contributed by atoms with Crippen LogP contribution in [0.4, 0.5) is 4.39 Å². The number of hydrogen-bond acceptors (Lipinski definition) is 2. The summed E-state index contributed by atoms with van der Waals surface area (Å²) in [6, 6.07) is 13.1. The van der Waals surface area contributed by atoms with Crippen LogP contribution >= 0.6 is 0 Å². The highest BCUT2D eigenvalue weighted by molar-refractivity contribution is 5.87. The first-order valence-corrected chi connectivity index (χ1v) is 10.2. The number of nitrogens with two attached hydrogens (primary N) is 1. The lowest BCUT2D eigenvalue weighted by Crippen LogP contribution is -2.29. The van der Waals surface area contributed by atoms with Crippen molar-refractivity contribution in [3.63, 3.8) is 0 Å². The minimum absolute atomic E-state index is 0.100. The smallest absolute Gasteiger partial charge is 0.218 e. The molecule has 5 heteroatoms. The third-order valence-corrected chi connectivity index (χ3v) is 6.25. The van der Waals surface area contributed by atoms with E-state index < -0.39 is 5.91 Å². The van der Waals surface area contributed by atoms with Crippen LogP contribution in [-0.2, 0) is 17.8 Å². The summed E-state index contributed by atoms with van der Waals surface area (Å²) >= 11 is 0. The molecule has 0 radical (unpaired) electrons. The lowest BCUT2D eigenvalue weighted by atomic mass is 9.88. The summed E-state index contributed by atoms with van der Waals surface area (Å²) in [7, 11) is 2.14. The number of aryl methyl sites for hydroxylation is 1. The number of halogens is 1. The summed E-state index contributed by atoms with van der Waals surface area (Å²) in [6.07, 6.45) is 1.05. The quantitative estimate of drug-likeness (QED) is 0.703. The number of nitrogens with zero attached hydrogens (tertiary/aromatic N) is 2. The maximum absolute atomic E-state index is 14.7. The van der Waals surface area contributed by atoms with Gasteiger partial charge in [0.15, 0.2) is 0 Å². The largest absolute Gasteiger partial charge is 0.370 e. The molecular formula is C24H28FN3O. The average Bonchev–Trinajstić information content (AvgIpc) is 2.99. The van der Waals surface area contributed by atoms with E-state index in [1.54, 1.807) is 12.1 Å². The molecule has 152 valence electrons. The highest BCUT2D eigenvalue weighted by atomic mass is 19.1. The van der Waals surface area contributed by atoms with Gasteiger partial charge in [-0.25, -0.2) is 4.39 Å². The van der Waals surface area contributed by atoms with Gasteiger partial charge in [-0.3, -0.25) is 4.79 Å². The maximum atomic E-state index is 14.7. The molecule has 1 aromatic heterocycles. The number of carbonyl (C=O) groups is 1. The van der Waals surface area contributed by atoms with E-state index in [1.807, 2.05) is 6.07 Å². The van der Waals surface area contributed by atoms with Crippen molar-refractivity contribution in [1.29, 1.82) is 0 Å². The average molecular weight is 394 g/mol. The van der Waals surface area contributed by atoms with Crippen molar-refractivity contribution in [2.24, 2.45) is 5.73 Å². The molecule has 2 unspecified atom stereocenters. The Kier molecular flexibility index (Phi) is 5.17. The first kappa shape index (κ1) is 19.6. The standard InChI is InChI=1S/C24H28FN3O/c1-15-8-9-22-19(12-15)20-14-27(3)11-10-23(20)28(22)16(2)18(13-24(26)29)17-6-4-5-7-21(17)25/h4-9,12,16,18H,10-11,13-14H2,1-3H3,(H2,26,29). The van der Waals surface area contributed by atoms with Crippen LogP contribution in [0.15, 0.2) is 42.5 Å². The topological polar surface area (TPSA) is 51.3 Å². The zero-order chi connectivity index (χ0) is 20.7. The Morgan fingerprint density at radius 3 is 2.72 bits per heavy atom. The molecule has 2 N–H and O–H groups in total. The van der Waals surface area contributed by atoms with E-state index >= 15 is 0 Å². The second-order valence-electron chi connectivity index (χ2n) is 8.34. The highest BCUT2D eigenvalue weighted by Crippen LogP contribution is 2.40. The molecule has 0 spiro atoms. The summed E-state index contributed by atoms with van der Waals surface area (Å²) in [5.41, 5.74) is 11.1. The summed E-state index contributed by atoms with van der Waals surface area (Å²) < 4.78 is 17.0. The van der Waals surface area contributed by atoms with Gasteiger partial charge in [0.2, 0.25) is 5.91 Å². The van der Waals surface area contributed by atoms with Crippen molar-refractivity contribution >= 4 is 16.8 Å². The van der Waals surface area contributed by atoms with E-state index in [4.69, 9.17) is 5.73 Å². The fourth-order valence-electron chi connectivity index (χ4n) is 4.82. The Morgan fingerprint density at radius 2 is 2.00 bits per heavy atom. The van der Waals surface area contributed by atoms with Crippen LogP contribution in [0, 0.1) is 12.7 Å². The summed E-state index contributed by atoms with van der Waals surface area (Å²) in [4.78, 5) is 14.2. The lowest BCUT2D eigenvalue weighted by molar-refractivity contribution is -0.118. The van der Waals surface area contributed by atoms with E-state index in [-0.39, 0.29) is 24.2 Å². The zero-order valence-electron chi connectivity index (χ0n) is 17.3. The number of rotatable bonds is 5. The Labute approximate surface area is 171 Å². The molecule has 4 rings (SSSR count). The van der Waals surface area contributed by atoms with Crippen molar-refractivity contribution < 1.29 is 9.18 Å². The van der Waals surface area contributed by atoms with Crippen LogP contribution in [0.5, 0.6) is 0 Å². The summed E-state index contributed by atoms with van der Waals surface area (Å²) in [5, 5.41) is 1.25. The van der Waals surface area contributed by atoms with Crippen LogP contribution in [-0.4, -0.2) is 29.0 Å².